The van der Waals surface area contributed by atoms with Gasteiger partial charge in [-0.3, -0.25) is 4.90 Å². The second-order valence-electron chi connectivity index (χ2n) is 6.45. The summed E-state index contributed by atoms with van der Waals surface area (Å²) in [6.07, 6.45) is 4.29. The van der Waals surface area contributed by atoms with Gasteiger partial charge in [0.2, 0.25) is 5.95 Å². The number of piperazine rings is 1. The van der Waals surface area contributed by atoms with Gasteiger partial charge in [-0.1, -0.05) is 12.1 Å². The molecule has 1 aliphatic heterocycles. The van der Waals surface area contributed by atoms with E-state index in [0.29, 0.717) is 5.95 Å². The van der Waals surface area contributed by atoms with E-state index in [2.05, 4.69) is 19.8 Å². The van der Waals surface area contributed by atoms with Gasteiger partial charge in [-0.25, -0.2) is 18.7 Å². The molecule has 5 nitrogen and oxygen atoms in total. The summed E-state index contributed by atoms with van der Waals surface area (Å²) in [5.74, 6) is -0.0605. The Kier molecular flexibility index (Phi) is 8.34. The standard InChI is InChI=1S/C19H24F2N4O.ClH/c1-26-18(15-4-6-16(20)7-5-15)3-2-8-24-9-11-25(12-10-24)19-22-13-17(21)14-23-19;/h4-7,13-14,18H,2-3,8-12H2,1H3;1H. The maximum Gasteiger partial charge on any atom is 0.225 e. The second-order valence-corrected chi connectivity index (χ2v) is 6.45. The van der Waals surface area contributed by atoms with E-state index in [1.54, 1.807) is 19.2 Å². The number of halogens is 3. The molecule has 1 aromatic heterocycles. The molecule has 27 heavy (non-hydrogen) atoms. The van der Waals surface area contributed by atoms with Crippen molar-refractivity contribution < 1.29 is 13.5 Å². The van der Waals surface area contributed by atoms with Crippen molar-refractivity contribution in [1.29, 1.82) is 0 Å². The lowest BCUT2D eigenvalue weighted by Crippen LogP contribution is -2.47. The number of aromatic nitrogens is 2. The molecular formula is C19H25ClF2N4O. The molecule has 1 unspecified atom stereocenters. The highest BCUT2D eigenvalue weighted by atomic mass is 35.5. The highest BCUT2D eigenvalue weighted by Crippen LogP contribution is 2.22. The van der Waals surface area contributed by atoms with Crippen molar-refractivity contribution in [3.63, 3.8) is 0 Å². The van der Waals surface area contributed by atoms with Crippen LogP contribution < -0.4 is 4.90 Å². The van der Waals surface area contributed by atoms with E-state index in [0.717, 1.165) is 51.1 Å². The molecule has 0 radical (unpaired) electrons. The van der Waals surface area contributed by atoms with E-state index in [1.165, 1.54) is 24.5 Å². The van der Waals surface area contributed by atoms with Crippen LogP contribution in [0.5, 0.6) is 0 Å². The van der Waals surface area contributed by atoms with Gasteiger partial charge in [0.15, 0.2) is 5.82 Å². The molecule has 0 aliphatic carbocycles. The quantitative estimate of drug-likeness (QED) is 0.714. The molecule has 148 valence electrons. The third kappa shape index (κ3) is 6.09. The fraction of sp³-hybridized carbons (Fsp3) is 0.474. The number of benzene rings is 1. The number of ether oxygens (including phenoxy) is 1. The molecule has 1 aliphatic rings. The van der Waals surface area contributed by atoms with Gasteiger partial charge in [-0.2, -0.15) is 0 Å². The molecule has 8 heteroatoms. The van der Waals surface area contributed by atoms with Crippen LogP contribution in [0, 0.1) is 11.6 Å². The van der Waals surface area contributed by atoms with Gasteiger partial charge < -0.3 is 9.64 Å². The maximum atomic E-state index is 13.0. The van der Waals surface area contributed by atoms with Gasteiger partial charge >= 0.3 is 0 Å². The van der Waals surface area contributed by atoms with Crippen molar-refractivity contribution in [2.45, 2.75) is 18.9 Å². The maximum absolute atomic E-state index is 13.0. The van der Waals surface area contributed by atoms with E-state index < -0.39 is 5.82 Å². The van der Waals surface area contributed by atoms with E-state index in [1.807, 2.05) is 0 Å². The fourth-order valence-corrected chi connectivity index (χ4v) is 3.24. The van der Waals surface area contributed by atoms with Gasteiger partial charge in [0, 0.05) is 33.3 Å². The van der Waals surface area contributed by atoms with Crippen LogP contribution in [0.3, 0.4) is 0 Å². The van der Waals surface area contributed by atoms with Gasteiger partial charge in [-0.05, 0) is 37.1 Å². The lowest BCUT2D eigenvalue weighted by atomic mass is 10.0. The first kappa shape index (κ1) is 21.5. The molecule has 0 amide bonds. The molecule has 0 bridgehead atoms. The van der Waals surface area contributed by atoms with Gasteiger partial charge in [-0.15, -0.1) is 12.4 Å². The second kappa shape index (κ2) is 10.5. The molecule has 1 aromatic carbocycles. The number of methoxy groups -OCH3 is 1. The largest absolute Gasteiger partial charge is 0.377 e. The Bertz CT molecular complexity index is 679. The van der Waals surface area contributed by atoms with Crippen molar-refractivity contribution in [2.75, 3.05) is 44.7 Å². The number of nitrogens with zero attached hydrogens (tertiary/aromatic N) is 4. The first-order valence-electron chi connectivity index (χ1n) is 8.89. The van der Waals surface area contributed by atoms with Crippen LogP contribution in [0.2, 0.25) is 0 Å². The highest BCUT2D eigenvalue weighted by Gasteiger charge is 2.19. The van der Waals surface area contributed by atoms with Gasteiger partial charge in [0.25, 0.3) is 0 Å². The molecule has 0 spiro atoms. The first-order valence-corrected chi connectivity index (χ1v) is 8.89. The van der Waals surface area contributed by atoms with Crippen LogP contribution in [0.15, 0.2) is 36.7 Å². The molecule has 1 atom stereocenters. The zero-order valence-electron chi connectivity index (χ0n) is 15.4. The Morgan fingerprint density at radius 1 is 1.00 bits per heavy atom. The van der Waals surface area contributed by atoms with Crippen LogP contribution in [0.4, 0.5) is 14.7 Å². The Morgan fingerprint density at radius 2 is 1.63 bits per heavy atom. The smallest absolute Gasteiger partial charge is 0.225 e. The van der Waals surface area contributed by atoms with E-state index in [9.17, 15) is 8.78 Å². The Hall–Kier alpha value is -1.83. The SMILES string of the molecule is COC(CCCN1CCN(c2ncc(F)cn2)CC1)c1ccc(F)cc1.Cl. The van der Waals surface area contributed by atoms with E-state index >= 15 is 0 Å². The molecule has 0 N–H and O–H groups in total. The Morgan fingerprint density at radius 3 is 2.22 bits per heavy atom. The fourth-order valence-electron chi connectivity index (χ4n) is 3.24. The summed E-state index contributed by atoms with van der Waals surface area (Å²) in [7, 11) is 1.69. The monoisotopic (exact) mass is 398 g/mol. The lowest BCUT2D eigenvalue weighted by molar-refractivity contribution is 0.0896. The highest BCUT2D eigenvalue weighted by molar-refractivity contribution is 5.85. The topological polar surface area (TPSA) is 41.5 Å². The summed E-state index contributed by atoms with van der Waals surface area (Å²) in [4.78, 5) is 12.6. The summed E-state index contributed by atoms with van der Waals surface area (Å²) in [6, 6.07) is 6.51. The van der Waals surface area contributed by atoms with Crippen LogP contribution in [0.25, 0.3) is 0 Å². The predicted molar refractivity (Wildman–Crippen MR) is 103 cm³/mol. The van der Waals surface area contributed by atoms with Gasteiger partial charge in [0.05, 0.1) is 18.5 Å². The molecule has 3 rings (SSSR count). The summed E-state index contributed by atoms with van der Waals surface area (Å²) in [5.41, 5.74) is 1.01. The molecule has 2 aromatic rings. The number of hydrogen-bond donors (Lipinski definition) is 0. The molecule has 0 saturated carbocycles. The normalized spacial score (nSPS) is 16.0. The third-order valence-electron chi connectivity index (χ3n) is 4.73. The minimum Gasteiger partial charge on any atom is -0.377 e. The van der Waals surface area contributed by atoms with Crippen molar-refractivity contribution in [1.82, 2.24) is 14.9 Å². The van der Waals surface area contributed by atoms with Crippen molar-refractivity contribution in [2.24, 2.45) is 0 Å². The van der Waals surface area contributed by atoms with E-state index in [-0.39, 0.29) is 24.3 Å². The summed E-state index contributed by atoms with van der Waals surface area (Å²) in [6.45, 7) is 4.50. The van der Waals surface area contributed by atoms with Crippen molar-refractivity contribution in [3.05, 3.63) is 53.9 Å². The minimum absolute atomic E-state index is 0. The molecule has 1 saturated heterocycles. The predicted octanol–water partition coefficient (Wildman–Crippen LogP) is 3.47. The number of anilines is 1. The zero-order chi connectivity index (χ0) is 18.4. The molecule has 1 fully saturated rings. The number of hydrogen-bond acceptors (Lipinski definition) is 5. The Balaban J connectivity index is 0.00000261. The minimum atomic E-state index is -0.416. The third-order valence-corrected chi connectivity index (χ3v) is 4.73. The van der Waals surface area contributed by atoms with Crippen LogP contribution in [0.1, 0.15) is 24.5 Å². The van der Waals surface area contributed by atoms with Crippen molar-refractivity contribution >= 4 is 18.4 Å². The van der Waals surface area contributed by atoms with Crippen molar-refractivity contribution in [3.8, 4) is 0 Å². The average Bonchev–Trinajstić information content (AvgIpc) is 2.67. The molecular weight excluding hydrogens is 374 g/mol. The zero-order valence-corrected chi connectivity index (χ0v) is 16.2. The van der Waals surface area contributed by atoms with Gasteiger partial charge in [0.1, 0.15) is 5.82 Å². The first-order chi connectivity index (χ1) is 12.7. The summed E-state index contributed by atoms with van der Waals surface area (Å²) >= 11 is 0. The van der Waals surface area contributed by atoms with E-state index in [4.69, 9.17) is 4.74 Å². The van der Waals surface area contributed by atoms with Crippen LogP contribution in [-0.2, 0) is 4.74 Å². The Labute approximate surface area is 164 Å². The molecule has 2 heterocycles. The summed E-state index contributed by atoms with van der Waals surface area (Å²) < 4.78 is 31.5. The average molecular weight is 399 g/mol. The van der Waals surface area contributed by atoms with Crippen LogP contribution in [-0.4, -0.2) is 54.7 Å². The lowest BCUT2D eigenvalue weighted by Gasteiger charge is -2.34. The van der Waals surface area contributed by atoms with Crippen LogP contribution >= 0.6 is 12.4 Å². The number of rotatable bonds is 7. The summed E-state index contributed by atoms with van der Waals surface area (Å²) in [5, 5.41) is 0.